The van der Waals surface area contributed by atoms with Crippen molar-refractivity contribution >= 4 is 10.0 Å². The number of sulfonamides is 1. The molecule has 0 spiro atoms. The summed E-state index contributed by atoms with van der Waals surface area (Å²) in [5, 5.41) is 3.30. The number of piperidine rings is 1. The van der Waals surface area contributed by atoms with E-state index in [0.29, 0.717) is 12.5 Å². The van der Waals surface area contributed by atoms with Crippen molar-refractivity contribution in [1.29, 1.82) is 0 Å². The summed E-state index contributed by atoms with van der Waals surface area (Å²) in [5.74, 6) is 0.788. The van der Waals surface area contributed by atoms with Crippen molar-refractivity contribution < 1.29 is 8.42 Å². The fourth-order valence-electron chi connectivity index (χ4n) is 2.46. The van der Waals surface area contributed by atoms with Crippen LogP contribution in [-0.4, -0.2) is 27.3 Å². The highest BCUT2D eigenvalue weighted by Crippen LogP contribution is 2.16. The molecule has 0 bridgehead atoms. The first-order valence-electron chi connectivity index (χ1n) is 7.29. The van der Waals surface area contributed by atoms with Crippen LogP contribution >= 0.6 is 0 Å². The van der Waals surface area contributed by atoms with Crippen LogP contribution in [-0.2, 0) is 16.6 Å². The second kappa shape index (κ2) is 7.20. The van der Waals surface area contributed by atoms with E-state index in [1.165, 1.54) is 5.56 Å². The average Bonchev–Trinajstić information content (AvgIpc) is 2.46. The Kier molecular flexibility index (Phi) is 5.57. The van der Waals surface area contributed by atoms with Gasteiger partial charge in [-0.1, -0.05) is 29.8 Å². The van der Waals surface area contributed by atoms with E-state index in [1.807, 2.05) is 31.2 Å². The molecule has 5 heteroatoms. The Morgan fingerprint density at radius 2 is 1.85 bits per heavy atom. The van der Waals surface area contributed by atoms with Gasteiger partial charge in [0.2, 0.25) is 10.0 Å². The van der Waals surface area contributed by atoms with Gasteiger partial charge in [0.05, 0.1) is 5.75 Å². The van der Waals surface area contributed by atoms with E-state index in [0.717, 1.165) is 37.9 Å². The lowest BCUT2D eigenvalue weighted by molar-refractivity contribution is 0.365. The lowest BCUT2D eigenvalue weighted by Gasteiger charge is -2.22. The molecule has 0 unspecified atom stereocenters. The molecule has 2 N–H and O–H groups in total. The van der Waals surface area contributed by atoms with Crippen LogP contribution in [0.2, 0.25) is 0 Å². The van der Waals surface area contributed by atoms with E-state index in [2.05, 4.69) is 10.0 Å². The van der Waals surface area contributed by atoms with Gasteiger partial charge in [-0.25, -0.2) is 13.1 Å². The van der Waals surface area contributed by atoms with E-state index < -0.39 is 10.0 Å². The highest BCUT2D eigenvalue weighted by atomic mass is 32.2. The van der Waals surface area contributed by atoms with Crippen LogP contribution in [0, 0.1) is 12.8 Å². The van der Waals surface area contributed by atoms with Crippen molar-refractivity contribution in [2.45, 2.75) is 32.7 Å². The van der Waals surface area contributed by atoms with Crippen molar-refractivity contribution in [1.82, 2.24) is 10.0 Å². The maximum absolute atomic E-state index is 12.0. The smallest absolute Gasteiger partial charge is 0.211 e. The van der Waals surface area contributed by atoms with Gasteiger partial charge in [-0.2, -0.15) is 0 Å². The van der Waals surface area contributed by atoms with Crippen LogP contribution in [0.15, 0.2) is 24.3 Å². The molecule has 1 aliphatic rings. The van der Waals surface area contributed by atoms with Crippen LogP contribution in [0.3, 0.4) is 0 Å². The number of hydrogen-bond acceptors (Lipinski definition) is 3. The normalized spacial score (nSPS) is 17.2. The molecule has 1 aromatic rings. The zero-order chi connectivity index (χ0) is 14.4. The van der Waals surface area contributed by atoms with Crippen LogP contribution < -0.4 is 10.0 Å². The Bertz CT molecular complexity index is 505. The highest BCUT2D eigenvalue weighted by Gasteiger charge is 2.17. The average molecular weight is 296 g/mol. The molecule has 2 rings (SSSR count). The molecule has 20 heavy (non-hydrogen) atoms. The van der Waals surface area contributed by atoms with Gasteiger partial charge in [0, 0.05) is 6.54 Å². The number of aryl methyl sites for hydroxylation is 1. The summed E-state index contributed by atoms with van der Waals surface area (Å²) in [5.41, 5.74) is 2.18. The topological polar surface area (TPSA) is 58.2 Å². The van der Waals surface area contributed by atoms with Gasteiger partial charge in [-0.3, -0.25) is 0 Å². The maximum atomic E-state index is 12.0. The molecule has 1 fully saturated rings. The largest absolute Gasteiger partial charge is 0.317 e. The Labute approximate surface area is 122 Å². The molecule has 1 aromatic carbocycles. The summed E-state index contributed by atoms with van der Waals surface area (Å²) in [6.45, 7) is 4.44. The zero-order valence-corrected chi connectivity index (χ0v) is 12.9. The van der Waals surface area contributed by atoms with Gasteiger partial charge in [-0.15, -0.1) is 0 Å². The molecule has 0 aliphatic carbocycles. The Morgan fingerprint density at radius 3 is 2.50 bits per heavy atom. The minimum atomic E-state index is -3.16. The predicted octanol–water partition coefficient (Wildman–Crippen LogP) is 1.80. The molecule has 0 aromatic heterocycles. The monoisotopic (exact) mass is 296 g/mol. The molecule has 1 heterocycles. The molecule has 0 atom stereocenters. The van der Waals surface area contributed by atoms with E-state index >= 15 is 0 Å². The molecule has 4 nitrogen and oxygen atoms in total. The van der Waals surface area contributed by atoms with Gasteiger partial charge < -0.3 is 5.32 Å². The Morgan fingerprint density at radius 1 is 1.20 bits per heavy atom. The third-order valence-corrected chi connectivity index (χ3v) is 5.23. The molecule has 1 aliphatic heterocycles. The quantitative estimate of drug-likeness (QED) is 0.841. The molecule has 112 valence electrons. The van der Waals surface area contributed by atoms with E-state index in [9.17, 15) is 8.42 Å². The van der Waals surface area contributed by atoms with Crippen LogP contribution in [0.4, 0.5) is 0 Å². The van der Waals surface area contributed by atoms with Crippen LogP contribution in [0.25, 0.3) is 0 Å². The third-order valence-electron chi connectivity index (χ3n) is 3.87. The minimum Gasteiger partial charge on any atom is -0.317 e. The third kappa shape index (κ3) is 5.23. The molecule has 0 radical (unpaired) electrons. The van der Waals surface area contributed by atoms with Crippen LogP contribution in [0.5, 0.6) is 0 Å². The highest BCUT2D eigenvalue weighted by molar-refractivity contribution is 7.89. The summed E-state index contributed by atoms with van der Waals surface area (Å²) < 4.78 is 26.7. The van der Waals surface area contributed by atoms with Crippen LogP contribution in [0.1, 0.15) is 30.4 Å². The molecule has 1 saturated heterocycles. The molecule has 0 saturated carbocycles. The summed E-state index contributed by atoms with van der Waals surface area (Å²) >= 11 is 0. The van der Waals surface area contributed by atoms with Gasteiger partial charge in [-0.05, 0) is 50.8 Å². The summed E-state index contributed by atoms with van der Waals surface area (Å²) in [4.78, 5) is 0. The Hall–Kier alpha value is -0.910. The zero-order valence-electron chi connectivity index (χ0n) is 12.1. The predicted molar refractivity (Wildman–Crippen MR) is 82.0 cm³/mol. The minimum absolute atomic E-state index is 0.240. The lowest BCUT2D eigenvalue weighted by Crippen LogP contribution is -2.31. The van der Waals surface area contributed by atoms with Gasteiger partial charge in [0.25, 0.3) is 0 Å². The van der Waals surface area contributed by atoms with E-state index in [-0.39, 0.29) is 5.75 Å². The number of nitrogens with one attached hydrogen (secondary N) is 2. The fraction of sp³-hybridized carbons (Fsp3) is 0.600. The number of benzene rings is 1. The standard InChI is InChI=1S/C15H24N2O2S/c1-13-2-4-15(5-3-13)12-17-20(18,19)11-8-14-6-9-16-10-7-14/h2-5,14,16-17H,6-12H2,1H3. The fourth-order valence-corrected chi connectivity index (χ4v) is 3.64. The number of rotatable bonds is 6. The van der Waals surface area contributed by atoms with E-state index in [1.54, 1.807) is 0 Å². The van der Waals surface area contributed by atoms with Gasteiger partial charge in [0.1, 0.15) is 0 Å². The number of hydrogen-bond donors (Lipinski definition) is 2. The maximum Gasteiger partial charge on any atom is 0.211 e. The van der Waals surface area contributed by atoms with Crippen molar-refractivity contribution in [3.8, 4) is 0 Å². The molecular weight excluding hydrogens is 272 g/mol. The van der Waals surface area contributed by atoms with Crippen molar-refractivity contribution in [2.75, 3.05) is 18.8 Å². The second-order valence-corrected chi connectivity index (χ2v) is 7.53. The molecular formula is C15H24N2O2S. The van der Waals surface area contributed by atoms with Gasteiger partial charge in [0.15, 0.2) is 0 Å². The summed E-state index contributed by atoms with van der Waals surface area (Å²) in [7, 11) is -3.16. The first kappa shape index (κ1) is 15.5. The second-order valence-electron chi connectivity index (χ2n) is 5.61. The van der Waals surface area contributed by atoms with Crippen molar-refractivity contribution in [3.63, 3.8) is 0 Å². The SMILES string of the molecule is Cc1ccc(CNS(=O)(=O)CCC2CCNCC2)cc1. The van der Waals surface area contributed by atoms with E-state index in [4.69, 9.17) is 0 Å². The Balaban J connectivity index is 1.76. The van der Waals surface area contributed by atoms with Crippen molar-refractivity contribution in [3.05, 3.63) is 35.4 Å². The molecule has 0 amide bonds. The van der Waals surface area contributed by atoms with Gasteiger partial charge >= 0.3 is 0 Å². The van der Waals surface area contributed by atoms with Crippen molar-refractivity contribution in [2.24, 2.45) is 5.92 Å². The summed E-state index contributed by atoms with van der Waals surface area (Å²) in [6, 6.07) is 7.92. The lowest BCUT2D eigenvalue weighted by atomic mass is 9.96. The first-order chi connectivity index (χ1) is 9.55. The summed E-state index contributed by atoms with van der Waals surface area (Å²) in [6.07, 6.45) is 2.95. The first-order valence-corrected chi connectivity index (χ1v) is 8.94.